The number of rotatable bonds is 2. The van der Waals surface area contributed by atoms with Gasteiger partial charge in [0.25, 0.3) is 5.91 Å². The average Bonchev–Trinajstić information content (AvgIpc) is 2.50. The molecule has 13 heavy (non-hydrogen) atoms. The van der Waals surface area contributed by atoms with E-state index in [1.807, 2.05) is 0 Å². The highest BCUT2D eigenvalue weighted by molar-refractivity contribution is 5.98. The minimum absolute atomic E-state index is 0.170. The summed E-state index contributed by atoms with van der Waals surface area (Å²) in [5, 5.41) is 0. The molecule has 0 radical (unpaired) electrons. The lowest BCUT2D eigenvalue weighted by Crippen LogP contribution is -2.20. The number of carbonyl (C=O) groups excluding carboxylic acids is 2. The molecule has 1 aromatic rings. The second-order valence-corrected chi connectivity index (χ2v) is 2.96. The van der Waals surface area contributed by atoms with Gasteiger partial charge in [-0.2, -0.15) is 0 Å². The van der Waals surface area contributed by atoms with Crippen molar-refractivity contribution in [2.75, 3.05) is 14.1 Å². The van der Waals surface area contributed by atoms with E-state index >= 15 is 0 Å². The molecule has 0 aliphatic heterocycles. The van der Waals surface area contributed by atoms with E-state index < -0.39 is 0 Å². The van der Waals surface area contributed by atoms with Gasteiger partial charge in [0.2, 0.25) is 0 Å². The molecule has 0 unspecified atom stereocenters. The van der Waals surface area contributed by atoms with E-state index in [9.17, 15) is 9.59 Å². The molecule has 1 heterocycles. The number of hydrogen-bond acceptors (Lipinski definition) is 3. The number of amides is 1. The molecule has 1 rings (SSSR count). The number of ketones is 1. The maximum Gasteiger partial charge on any atom is 0.256 e. The SMILES string of the molecule is CC(=O)c1cc(C(=O)N(C)C)co1. The van der Waals surface area contributed by atoms with Crippen LogP contribution in [0.5, 0.6) is 0 Å². The largest absolute Gasteiger partial charge is 0.460 e. The standard InChI is InChI=1S/C9H11NO3/c1-6(11)8-4-7(5-13-8)9(12)10(2)3/h4-5H,1-3H3. The van der Waals surface area contributed by atoms with E-state index in [2.05, 4.69) is 0 Å². The fourth-order valence-corrected chi connectivity index (χ4v) is 0.891. The molecule has 1 aromatic heterocycles. The third-order valence-electron chi connectivity index (χ3n) is 1.60. The van der Waals surface area contributed by atoms with Gasteiger partial charge in [0.15, 0.2) is 11.5 Å². The summed E-state index contributed by atoms with van der Waals surface area (Å²) in [6.07, 6.45) is 1.29. The monoisotopic (exact) mass is 181 g/mol. The molecule has 0 aromatic carbocycles. The average molecular weight is 181 g/mol. The Kier molecular flexibility index (Phi) is 2.51. The van der Waals surface area contributed by atoms with Crippen molar-refractivity contribution in [2.45, 2.75) is 6.92 Å². The molecule has 0 aliphatic carbocycles. The third kappa shape index (κ3) is 1.96. The Labute approximate surface area is 76.1 Å². The van der Waals surface area contributed by atoms with Crippen molar-refractivity contribution in [1.82, 2.24) is 4.90 Å². The number of Topliss-reactive ketones (excluding diaryl/α,β-unsaturated/α-hetero) is 1. The van der Waals surface area contributed by atoms with Gasteiger partial charge in [-0.3, -0.25) is 9.59 Å². The molecule has 0 atom stereocenters. The molecule has 4 heteroatoms. The van der Waals surface area contributed by atoms with Crippen LogP contribution in [0.2, 0.25) is 0 Å². The first-order valence-corrected chi connectivity index (χ1v) is 3.83. The Balaban J connectivity index is 2.92. The third-order valence-corrected chi connectivity index (χ3v) is 1.60. The second kappa shape index (κ2) is 3.43. The van der Waals surface area contributed by atoms with Crippen LogP contribution in [0.3, 0.4) is 0 Å². The molecular weight excluding hydrogens is 170 g/mol. The lowest BCUT2D eigenvalue weighted by molar-refractivity contribution is 0.0826. The van der Waals surface area contributed by atoms with E-state index in [4.69, 9.17) is 4.42 Å². The zero-order valence-electron chi connectivity index (χ0n) is 7.83. The highest BCUT2D eigenvalue weighted by atomic mass is 16.3. The van der Waals surface area contributed by atoms with Gasteiger partial charge in [0, 0.05) is 27.1 Å². The summed E-state index contributed by atoms with van der Waals surface area (Å²) in [5.74, 6) is -0.140. The van der Waals surface area contributed by atoms with Crippen molar-refractivity contribution in [3.8, 4) is 0 Å². The van der Waals surface area contributed by atoms with Crippen LogP contribution >= 0.6 is 0 Å². The smallest absolute Gasteiger partial charge is 0.256 e. The van der Waals surface area contributed by atoms with Crippen LogP contribution in [0.1, 0.15) is 27.8 Å². The van der Waals surface area contributed by atoms with Crippen molar-refractivity contribution >= 4 is 11.7 Å². The molecule has 0 fully saturated rings. The van der Waals surface area contributed by atoms with Crippen molar-refractivity contribution < 1.29 is 14.0 Å². The molecule has 0 N–H and O–H groups in total. The Morgan fingerprint density at radius 3 is 2.38 bits per heavy atom. The van der Waals surface area contributed by atoms with E-state index in [-0.39, 0.29) is 17.5 Å². The van der Waals surface area contributed by atoms with Crippen LogP contribution in [0, 0.1) is 0 Å². The lowest BCUT2D eigenvalue weighted by Gasteiger charge is -2.06. The molecule has 70 valence electrons. The Morgan fingerprint density at radius 2 is 2.00 bits per heavy atom. The zero-order chi connectivity index (χ0) is 10.0. The first kappa shape index (κ1) is 9.51. The van der Waals surface area contributed by atoms with Crippen LogP contribution in [-0.4, -0.2) is 30.7 Å². The molecule has 0 spiro atoms. The predicted molar refractivity (Wildman–Crippen MR) is 46.7 cm³/mol. The van der Waals surface area contributed by atoms with Gasteiger partial charge in [-0.25, -0.2) is 0 Å². The minimum atomic E-state index is -0.183. The van der Waals surface area contributed by atoms with Crippen LogP contribution in [0.25, 0.3) is 0 Å². The van der Waals surface area contributed by atoms with E-state index in [0.29, 0.717) is 5.56 Å². The summed E-state index contributed by atoms with van der Waals surface area (Å²) in [4.78, 5) is 23.6. The normalized spacial score (nSPS) is 9.77. The van der Waals surface area contributed by atoms with Crippen molar-refractivity contribution in [1.29, 1.82) is 0 Å². The topological polar surface area (TPSA) is 50.5 Å². The molecule has 0 saturated heterocycles. The first-order chi connectivity index (χ1) is 6.02. The molecule has 4 nitrogen and oxygen atoms in total. The Bertz CT molecular complexity index is 338. The molecule has 1 amide bonds. The first-order valence-electron chi connectivity index (χ1n) is 3.83. The Morgan fingerprint density at radius 1 is 1.38 bits per heavy atom. The maximum atomic E-state index is 11.3. The van der Waals surface area contributed by atoms with Crippen LogP contribution < -0.4 is 0 Å². The van der Waals surface area contributed by atoms with Gasteiger partial charge < -0.3 is 9.32 Å². The quantitative estimate of drug-likeness (QED) is 0.644. The van der Waals surface area contributed by atoms with Crippen LogP contribution in [-0.2, 0) is 0 Å². The molecule has 0 aliphatic rings. The summed E-state index contributed by atoms with van der Waals surface area (Å²) in [5.41, 5.74) is 0.398. The van der Waals surface area contributed by atoms with Crippen LogP contribution in [0.4, 0.5) is 0 Å². The van der Waals surface area contributed by atoms with Gasteiger partial charge in [0.1, 0.15) is 6.26 Å². The fraction of sp³-hybridized carbons (Fsp3) is 0.333. The summed E-state index contributed by atoms with van der Waals surface area (Å²) >= 11 is 0. The number of hydrogen-bond donors (Lipinski definition) is 0. The predicted octanol–water partition coefficient (Wildman–Crippen LogP) is 1.18. The van der Waals surface area contributed by atoms with Gasteiger partial charge in [-0.1, -0.05) is 0 Å². The van der Waals surface area contributed by atoms with Gasteiger partial charge in [0.05, 0.1) is 5.56 Å². The fourth-order valence-electron chi connectivity index (χ4n) is 0.891. The number of carbonyl (C=O) groups is 2. The summed E-state index contributed by atoms with van der Waals surface area (Å²) in [6, 6.07) is 1.45. The second-order valence-electron chi connectivity index (χ2n) is 2.96. The molecular formula is C9H11NO3. The van der Waals surface area contributed by atoms with Crippen molar-refractivity contribution in [3.05, 3.63) is 23.7 Å². The maximum absolute atomic E-state index is 11.3. The highest BCUT2D eigenvalue weighted by Gasteiger charge is 2.13. The molecule has 0 saturated carbocycles. The van der Waals surface area contributed by atoms with Crippen LogP contribution in [0.15, 0.2) is 16.7 Å². The van der Waals surface area contributed by atoms with E-state index in [0.717, 1.165) is 0 Å². The van der Waals surface area contributed by atoms with E-state index in [1.165, 1.54) is 24.2 Å². The number of nitrogens with zero attached hydrogens (tertiary/aromatic N) is 1. The minimum Gasteiger partial charge on any atom is -0.460 e. The number of furan rings is 1. The summed E-state index contributed by atoms with van der Waals surface area (Å²) < 4.78 is 4.90. The van der Waals surface area contributed by atoms with Gasteiger partial charge in [-0.05, 0) is 0 Å². The Hall–Kier alpha value is -1.58. The van der Waals surface area contributed by atoms with Crippen molar-refractivity contribution in [2.24, 2.45) is 0 Å². The van der Waals surface area contributed by atoms with Gasteiger partial charge >= 0.3 is 0 Å². The summed E-state index contributed by atoms with van der Waals surface area (Å²) in [6.45, 7) is 1.39. The van der Waals surface area contributed by atoms with Gasteiger partial charge in [-0.15, -0.1) is 0 Å². The molecule has 0 bridgehead atoms. The lowest BCUT2D eigenvalue weighted by atomic mass is 10.2. The summed E-state index contributed by atoms with van der Waals surface area (Å²) in [7, 11) is 3.28. The zero-order valence-corrected chi connectivity index (χ0v) is 7.83. The van der Waals surface area contributed by atoms with E-state index in [1.54, 1.807) is 14.1 Å². The van der Waals surface area contributed by atoms with Crippen molar-refractivity contribution in [3.63, 3.8) is 0 Å². The highest BCUT2D eigenvalue weighted by Crippen LogP contribution is 2.09.